The molecule has 0 fully saturated rings. The lowest BCUT2D eigenvalue weighted by atomic mass is 10.1. The van der Waals surface area contributed by atoms with Gasteiger partial charge < -0.3 is 5.73 Å². The van der Waals surface area contributed by atoms with Gasteiger partial charge in [0.1, 0.15) is 5.82 Å². The van der Waals surface area contributed by atoms with E-state index >= 15 is 0 Å². The summed E-state index contributed by atoms with van der Waals surface area (Å²) in [4.78, 5) is 0. The summed E-state index contributed by atoms with van der Waals surface area (Å²) in [6.45, 7) is 0.682. The Labute approximate surface area is 105 Å². The first-order valence-electron chi connectivity index (χ1n) is 5.33. The van der Waals surface area contributed by atoms with Gasteiger partial charge in [-0.2, -0.15) is 0 Å². The number of rotatable bonds is 4. The van der Waals surface area contributed by atoms with Crippen LogP contribution >= 0.6 is 11.6 Å². The summed E-state index contributed by atoms with van der Waals surface area (Å²) >= 11 is 5.73. The fraction of sp³-hybridized carbons (Fsp3) is 0.500. The molecule has 0 aliphatic heterocycles. The van der Waals surface area contributed by atoms with E-state index in [0.29, 0.717) is 12.1 Å². The first-order chi connectivity index (χ1) is 8.06. The minimum atomic E-state index is -1.75. The minimum absolute atomic E-state index is 0.216. The molecule has 0 aliphatic carbocycles. The number of aryl methyl sites for hydroxylation is 2. The molecule has 1 aromatic rings. The zero-order valence-electron chi connectivity index (χ0n) is 9.78. The topological polar surface area (TPSA) is 26.0 Å². The summed E-state index contributed by atoms with van der Waals surface area (Å²) in [5, 5.41) is 0.216. The van der Waals surface area contributed by atoms with Crippen LogP contribution in [0, 0.1) is 12.7 Å². The Bertz CT molecular complexity index is 309. The average molecular weight is 268 g/mol. The molecule has 98 valence electrons. The number of halogens is 4. The van der Waals surface area contributed by atoms with E-state index < -0.39 is 6.93 Å². The van der Waals surface area contributed by atoms with Gasteiger partial charge >= 0.3 is 0 Å². The Kier molecular flexibility index (Phi) is 8.90. The summed E-state index contributed by atoms with van der Waals surface area (Å²) in [6.07, 6.45) is 2.93. The molecule has 0 bridgehead atoms. The Morgan fingerprint density at radius 1 is 1.24 bits per heavy atom. The zero-order valence-corrected chi connectivity index (χ0v) is 10.5. The second-order valence-corrected chi connectivity index (χ2v) is 3.96. The van der Waals surface area contributed by atoms with Gasteiger partial charge in [0.05, 0.1) is 5.02 Å². The molecule has 0 amide bonds. The van der Waals surface area contributed by atoms with E-state index in [1.807, 2.05) is 6.07 Å². The maximum Gasteiger partial charge on any atom is 0.229 e. The van der Waals surface area contributed by atoms with Gasteiger partial charge in [0.2, 0.25) is 6.93 Å². The van der Waals surface area contributed by atoms with Crippen molar-refractivity contribution < 1.29 is 13.2 Å². The Hall–Kier alpha value is -0.740. The van der Waals surface area contributed by atoms with E-state index in [2.05, 4.69) is 0 Å². The third kappa shape index (κ3) is 6.54. The van der Waals surface area contributed by atoms with E-state index in [-0.39, 0.29) is 10.8 Å². The van der Waals surface area contributed by atoms with Crippen LogP contribution in [0.1, 0.15) is 24.0 Å². The molecule has 0 atom stereocenters. The van der Waals surface area contributed by atoms with Crippen molar-refractivity contribution in [3.05, 3.63) is 34.1 Å². The first-order valence-corrected chi connectivity index (χ1v) is 5.71. The minimum Gasteiger partial charge on any atom is -0.330 e. The van der Waals surface area contributed by atoms with Gasteiger partial charge in [-0.15, -0.1) is 0 Å². The molecule has 0 saturated carbocycles. The molecule has 2 N–H and O–H groups in total. The lowest BCUT2D eigenvalue weighted by Gasteiger charge is -2.05. The molecule has 1 aromatic carbocycles. The molecule has 1 rings (SSSR count). The summed E-state index contributed by atoms with van der Waals surface area (Å²) in [5.41, 5.74) is 7.09. The van der Waals surface area contributed by atoms with Gasteiger partial charge in [-0.25, -0.2) is 13.2 Å². The van der Waals surface area contributed by atoms with Crippen molar-refractivity contribution in [2.75, 3.05) is 13.5 Å². The molecule has 5 heteroatoms. The third-order valence-electron chi connectivity index (χ3n) is 2.19. The summed E-state index contributed by atoms with van der Waals surface area (Å²) in [6, 6.07) is 3.54. The SMILES string of the molecule is Cc1cc(CCCCN)cc(Cl)c1F.FCF. The lowest BCUT2D eigenvalue weighted by molar-refractivity contribution is 0.295. The second kappa shape index (κ2) is 9.31. The predicted molar refractivity (Wildman–Crippen MR) is 65.2 cm³/mol. The number of nitrogens with two attached hydrogens (primary N) is 1. The van der Waals surface area contributed by atoms with Crippen molar-refractivity contribution in [2.24, 2.45) is 5.73 Å². The Balaban J connectivity index is 0.000000770. The van der Waals surface area contributed by atoms with Crippen molar-refractivity contribution in [2.45, 2.75) is 26.2 Å². The lowest BCUT2D eigenvalue weighted by Crippen LogP contribution is -1.99. The standard InChI is InChI=1S/C11H15ClFN.CH2F2/c1-8-6-9(4-2-3-5-14)7-10(12)11(8)13;2-1-3/h6-7H,2-5,14H2,1H3;1H2. The Morgan fingerprint density at radius 3 is 2.29 bits per heavy atom. The number of alkyl halides is 2. The second-order valence-electron chi connectivity index (χ2n) is 3.56. The van der Waals surface area contributed by atoms with Crippen molar-refractivity contribution >= 4 is 11.6 Å². The van der Waals surface area contributed by atoms with Gasteiger partial charge in [-0.05, 0) is 49.9 Å². The third-order valence-corrected chi connectivity index (χ3v) is 2.46. The van der Waals surface area contributed by atoms with Gasteiger partial charge in [0.15, 0.2) is 0 Å². The van der Waals surface area contributed by atoms with Crippen LogP contribution in [0.5, 0.6) is 0 Å². The largest absolute Gasteiger partial charge is 0.330 e. The van der Waals surface area contributed by atoms with Crippen LogP contribution in [-0.2, 0) is 6.42 Å². The molecule has 0 spiro atoms. The highest BCUT2D eigenvalue weighted by Crippen LogP contribution is 2.21. The van der Waals surface area contributed by atoms with E-state index in [4.69, 9.17) is 17.3 Å². The van der Waals surface area contributed by atoms with E-state index in [9.17, 15) is 13.2 Å². The Morgan fingerprint density at radius 2 is 1.82 bits per heavy atom. The normalized spacial score (nSPS) is 9.76. The highest BCUT2D eigenvalue weighted by atomic mass is 35.5. The summed E-state index contributed by atoms with van der Waals surface area (Å²) in [7, 11) is 0. The molecule has 1 nitrogen and oxygen atoms in total. The van der Waals surface area contributed by atoms with Crippen LogP contribution in [0.2, 0.25) is 5.02 Å². The average Bonchev–Trinajstić information content (AvgIpc) is 2.27. The maximum absolute atomic E-state index is 13.1. The molecule has 0 aromatic heterocycles. The number of hydrogen-bond acceptors (Lipinski definition) is 1. The van der Waals surface area contributed by atoms with Crippen LogP contribution in [0.15, 0.2) is 12.1 Å². The quantitative estimate of drug-likeness (QED) is 0.822. The van der Waals surface area contributed by atoms with E-state index in [0.717, 1.165) is 24.8 Å². The molecule has 0 radical (unpaired) electrons. The maximum atomic E-state index is 13.1. The molecule has 0 unspecified atom stereocenters. The molecule has 0 saturated heterocycles. The predicted octanol–water partition coefficient (Wildman–Crippen LogP) is 3.95. The molecule has 0 heterocycles. The molecule has 17 heavy (non-hydrogen) atoms. The number of unbranched alkanes of at least 4 members (excludes halogenated alkanes) is 1. The van der Waals surface area contributed by atoms with Crippen molar-refractivity contribution in [1.82, 2.24) is 0 Å². The summed E-state index contributed by atoms with van der Waals surface area (Å²) in [5.74, 6) is -0.311. The number of hydrogen-bond donors (Lipinski definition) is 1. The van der Waals surface area contributed by atoms with Gasteiger partial charge in [0, 0.05) is 0 Å². The van der Waals surface area contributed by atoms with Crippen molar-refractivity contribution in [3.63, 3.8) is 0 Å². The highest BCUT2D eigenvalue weighted by molar-refractivity contribution is 6.30. The highest BCUT2D eigenvalue weighted by Gasteiger charge is 2.05. The molecular weight excluding hydrogens is 251 g/mol. The van der Waals surface area contributed by atoms with Crippen LogP contribution in [-0.4, -0.2) is 13.5 Å². The monoisotopic (exact) mass is 267 g/mol. The van der Waals surface area contributed by atoms with Crippen molar-refractivity contribution in [1.29, 1.82) is 0 Å². The first kappa shape index (κ1) is 16.3. The van der Waals surface area contributed by atoms with Crippen molar-refractivity contribution in [3.8, 4) is 0 Å². The van der Waals surface area contributed by atoms with E-state index in [1.54, 1.807) is 13.0 Å². The van der Waals surface area contributed by atoms with Gasteiger partial charge in [-0.3, -0.25) is 0 Å². The fourth-order valence-electron chi connectivity index (χ4n) is 1.42. The van der Waals surface area contributed by atoms with Gasteiger partial charge in [-0.1, -0.05) is 17.7 Å². The smallest absolute Gasteiger partial charge is 0.229 e. The van der Waals surface area contributed by atoms with E-state index in [1.165, 1.54) is 0 Å². The van der Waals surface area contributed by atoms with Crippen LogP contribution < -0.4 is 5.73 Å². The zero-order chi connectivity index (χ0) is 13.3. The van der Waals surface area contributed by atoms with Crippen LogP contribution in [0.3, 0.4) is 0 Å². The summed E-state index contributed by atoms with van der Waals surface area (Å²) < 4.78 is 32.4. The molecule has 0 aliphatic rings. The number of benzene rings is 1. The molecular formula is C12H17ClF3N. The van der Waals surface area contributed by atoms with Crippen LogP contribution in [0.4, 0.5) is 13.2 Å². The van der Waals surface area contributed by atoms with Gasteiger partial charge in [0.25, 0.3) is 0 Å². The fourth-order valence-corrected chi connectivity index (χ4v) is 1.70. The van der Waals surface area contributed by atoms with Crippen LogP contribution in [0.25, 0.3) is 0 Å².